The van der Waals surface area contributed by atoms with Gasteiger partial charge in [-0.2, -0.15) is 14.6 Å². The highest BCUT2D eigenvalue weighted by Gasteiger charge is 2.48. The Morgan fingerprint density at radius 1 is 1.08 bits per heavy atom. The van der Waals surface area contributed by atoms with Gasteiger partial charge in [-0.1, -0.05) is 6.92 Å². The maximum atomic E-state index is 15.8. The fourth-order valence-electron chi connectivity index (χ4n) is 7.19. The second-order valence-electron chi connectivity index (χ2n) is 14.8. The molecule has 268 valence electrons. The number of carbonyl (C=O) groups is 2. The van der Waals surface area contributed by atoms with Crippen molar-refractivity contribution in [2.45, 2.75) is 84.5 Å². The SMILES string of the molecule is CCc1c(-c2ccc(NC(=O)C(NC(=O)c3cnn(C4CCOCC4)c3C)C(C3CC3)C3CC3)nc2F)c(C)nn1COCCS(C)(C)C. The van der Waals surface area contributed by atoms with Crippen LogP contribution >= 0.6 is 10.0 Å². The van der Waals surface area contributed by atoms with Gasteiger partial charge in [-0.15, -0.1) is 0 Å². The van der Waals surface area contributed by atoms with E-state index in [9.17, 15) is 9.59 Å². The van der Waals surface area contributed by atoms with E-state index in [1.807, 2.05) is 25.5 Å². The third-order valence-corrected chi connectivity index (χ3v) is 11.5. The summed E-state index contributed by atoms with van der Waals surface area (Å²) in [6, 6.07) is 2.69. The van der Waals surface area contributed by atoms with Gasteiger partial charge in [0.1, 0.15) is 18.6 Å². The van der Waals surface area contributed by atoms with Crippen molar-refractivity contribution in [1.29, 1.82) is 0 Å². The minimum Gasteiger partial charge on any atom is -0.381 e. The first-order valence-electron chi connectivity index (χ1n) is 17.7. The monoisotopic (exact) mass is 697 g/mol. The molecule has 1 aliphatic heterocycles. The molecule has 2 N–H and O–H groups in total. The molecule has 0 radical (unpaired) electrons. The lowest BCUT2D eigenvalue weighted by molar-refractivity contribution is -0.119. The fraction of sp³-hybridized carbons (Fsp3) is 0.639. The van der Waals surface area contributed by atoms with Gasteiger partial charge >= 0.3 is 0 Å². The Morgan fingerprint density at radius 2 is 1.78 bits per heavy atom. The van der Waals surface area contributed by atoms with Gasteiger partial charge < -0.3 is 20.1 Å². The number of aromatic nitrogens is 5. The molecule has 2 aliphatic carbocycles. The molecule has 6 rings (SSSR count). The first-order chi connectivity index (χ1) is 23.4. The van der Waals surface area contributed by atoms with Crippen molar-refractivity contribution in [2.75, 3.05) is 49.7 Å². The average molecular weight is 698 g/mol. The van der Waals surface area contributed by atoms with E-state index in [0.29, 0.717) is 67.2 Å². The maximum absolute atomic E-state index is 15.8. The molecule has 2 amide bonds. The Kier molecular flexibility index (Phi) is 10.8. The topological polar surface area (TPSA) is 125 Å². The van der Waals surface area contributed by atoms with Crippen LogP contribution in [0.1, 0.15) is 78.9 Å². The Hall–Kier alpha value is -3.29. The number of hydrogen-bond donors (Lipinski definition) is 2. The summed E-state index contributed by atoms with van der Waals surface area (Å²) in [7, 11) is -0.665. The molecule has 13 heteroatoms. The van der Waals surface area contributed by atoms with Gasteiger partial charge in [-0.3, -0.25) is 14.3 Å². The van der Waals surface area contributed by atoms with Crippen LogP contribution in [0.4, 0.5) is 10.2 Å². The summed E-state index contributed by atoms with van der Waals surface area (Å²) in [4.78, 5) is 31.9. The molecular formula is C36H52FN7O4S. The average Bonchev–Trinajstić information content (AvgIpc) is 4.00. The summed E-state index contributed by atoms with van der Waals surface area (Å²) in [6.07, 6.45) is 14.9. The molecule has 11 nitrogen and oxygen atoms in total. The van der Waals surface area contributed by atoms with E-state index < -0.39 is 22.0 Å². The zero-order valence-corrected chi connectivity index (χ0v) is 30.6. The van der Waals surface area contributed by atoms with E-state index in [-0.39, 0.29) is 29.6 Å². The number of hydrogen-bond acceptors (Lipinski definition) is 7. The Morgan fingerprint density at radius 3 is 2.39 bits per heavy atom. The number of amides is 2. The van der Waals surface area contributed by atoms with Crippen molar-refractivity contribution in [1.82, 2.24) is 29.9 Å². The van der Waals surface area contributed by atoms with E-state index >= 15 is 4.39 Å². The lowest BCUT2D eigenvalue weighted by atomic mass is 9.88. The Balaban J connectivity index is 1.18. The van der Waals surface area contributed by atoms with Crippen LogP contribution in [-0.2, 0) is 27.4 Å². The second kappa shape index (κ2) is 14.9. The van der Waals surface area contributed by atoms with Crippen LogP contribution in [0.25, 0.3) is 11.1 Å². The summed E-state index contributed by atoms with van der Waals surface area (Å²) >= 11 is 0. The lowest BCUT2D eigenvalue weighted by Crippen LogP contribution is -2.50. The minimum absolute atomic E-state index is 0.0199. The summed E-state index contributed by atoms with van der Waals surface area (Å²) in [5, 5.41) is 15.1. The molecule has 3 aromatic heterocycles. The second-order valence-corrected chi connectivity index (χ2v) is 19.3. The van der Waals surface area contributed by atoms with Crippen LogP contribution in [0.5, 0.6) is 0 Å². The van der Waals surface area contributed by atoms with Crippen LogP contribution in [0, 0.1) is 37.5 Å². The molecule has 3 aromatic rings. The Labute approximate surface area is 290 Å². The standard InChI is InChI=1S/C36H52FN7O4S/c1-7-29-31(22(2)42-43(29)21-48-18-19-49(4,5)6)27-12-13-30(39-34(27)37)40-36(46)33(32(24-8-9-24)25-10-11-25)41-35(45)28-20-38-44(23(28)3)26-14-16-47-17-15-26/h12-13,20,24-26,32-33H,7-11,14-19,21H2,1-6H3,(H,41,45)(H,39,40,46). The van der Waals surface area contributed by atoms with Crippen LogP contribution in [-0.4, -0.2) is 86.7 Å². The third kappa shape index (κ3) is 8.37. The van der Waals surface area contributed by atoms with E-state index in [2.05, 4.69) is 44.6 Å². The summed E-state index contributed by atoms with van der Waals surface area (Å²) in [5.41, 5.74) is 3.82. The third-order valence-electron chi connectivity index (χ3n) is 10.1. The van der Waals surface area contributed by atoms with Gasteiger partial charge in [0.15, 0.2) is 0 Å². The fourth-order valence-corrected chi connectivity index (χ4v) is 7.81. The number of anilines is 1. The first-order valence-corrected chi connectivity index (χ1v) is 20.7. The number of aryl methyl sites for hydroxylation is 1. The minimum atomic E-state index is -0.769. The number of nitrogens with zero attached hydrogens (tertiary/aromatic N) is 5. The first kappa shape index (κ1) is 35.5. The Bertz CT molecular complexity index is 1640. The molecule has 49 heavy (non-hydrogen) atoms. The van der Waals surface area contributed by atoms with Crippen LogP contribution in [0.2, 0.25) is 0 Å². The highest BCUT2D eigenvalue weighted by Crippen LogP contribution is 2.51. The van der Waals surface area contributed by atoms with Crippen LogP contribution in [0.15, 0.2) is 18.3 Å². The molecule has 3 aliphatic rings. The molecule has 0 aromatic carbocycles. The van der Waals surface area contributed by atoms with Gasteiger partial charge in [0.05, 0.1) is 30.1 Å². The van der Waals surface area contributed by atoms with Crippen molar-refractivity contribution in [3.8, 4) is 11.1 Å². The highest BCUT2D eigenvalue weighted by atomic mass is 32.3. The molecule has 2 saturated carbocycles. The van der Waals surface area contributed by atoms with Crippen molar-refractivity contribution >= 4 is 27.7 Å². The van der Waals surface area contributed by atoms with Gasteiger partial charge in [0.2, 0.25) is 11.9 Å². The van der Waals surface area contributed by atoms with Gasteiger partial charge in [0.25, 0.3) is 5.91 Å². The summed E-state index contributed by atoms with van der Waals surface area (Å²) in [6.45, 7) is 8.05. The van der Waals surface area contributed by atoms with Gasteiger partial charge in [0, 0.05) is 41.5 Å². The largest absolute Gasteiger partial charge is 0.381 e. The van der Waals surface area contributed by atoms with Crippen molar-refractivity contribution < 1.29 is 23.5 Å². The van der Waals surface area contributed by atoms with Gasteiger partial charge in [-0.25, -0.2) is 19.7 Å². The molecule has 0 spiro atoms. The van der Waals surface area contributed by atoms with Crippen molar-refractivity contribution in [3.63, 3.8) is 0 Å². The predicted octanol–water partition coefficient (Wildman–Crippen LogP) is 5.65. The normalized spacial score (nSPS) is 18.1. The lowest BCUT2D eigenvalue weighted by Gasteiger charge is -2.27. The molecular weight excluding hydrogens is 646 g/mol. The highest BCUT2D eigenvalue weighted by molar-refractivity contribution is 8.32. The number of rotatable bonds is 15. The molecule has 3 fully saturated rings. The van der Waals surface area contributed by atoms with E-state index in [1.165, 1.54) is 0 Å². The number of nitrogens with one attached hydrogen (secondary N) is 2. The molecule has 0 bridgehead atoms. The number of carbonyl (C=O) groups excluding carboxylic acids is 2. The number of halogens is 1. The maximum Gasteiger partial charge on any atom is 0.255 e. The van der Waals surface area contributed by atoms with Crippen LogP contribution in [0.3, 0.4) is 0 Å². The molecule has 1 saturated heterocycles. The van der Waals surface area contributed by atoms with E-state index in [0.717, 1.165) is 55.7 Å². The van der Waals surface area contributed by atoms with Gasteiger partial charge in [-0.05, 0) is 107 Å². The van der Waals surface area contributed by atoms with Crippen molar-refractivity contribution in [2.24, 2.45) is 17.8 Å². The predicted molar refractivity (Wildman–Crippen MR) is 191 cm³/mol. The summed E-state index contributed by atoms with van der Waals surface area (Å²) < 4.78 is 30.9. The molecule has 1 atom stereocenters. The van der Waals surface area contributed by atoms with E-state index in [1.54, 1.807) is 23.0 Å². The molecule has 1 unspecified atom stereocenters. The number of ether oxygens (including phenoxy) is 2. The zero-order chi connectivity index (χ0) is 34.9. The zero-order valence-electron chi connectivity index (χ0n) is 29.8. The smallest absolute Gasteiger partial charge is 0.255 e. The van der Waals surface area contributed by atoms with Crippen molar-refractivity contribution in [3.05, 3.63) is 46.9 Å². The van der Waals surface area contributed by atoms with Crippen LogP contribution < -0.4 is 10.6 Å². The van der Waals surface area contributed by atoms with E-state index in [4.69, 9.17) is 9.47 Å². The number of pyridine rings is 1. The summed E-state index contributed by atoms with van der Waals surface area (Å²) in [5.74, 6) is 0.506. The quantitative estimate of drug-likeness (QED) is 0.155. The molecule has 4 heterocycles.